The van der Waals surface area contributed by atoms with Crippen molar-refractivity contribution in [3.63, 3.8) is 0 Å². The van der Waals surface area contributed by atoms with Gasteiger partial charge in [-0.2, -0.15) is 0 Å². The second-order valence-electron chi connectivity index (χ2n) is 6.84. The molecule has 4 heteroatoms. The summed E-state index contributed by atoms with van der Waals surface area (Å²) < 4.78 is 0. The average Bonchev–Trinajstić information content (AvgIpc) is 3.24. The predicted molar refractivity (Wildman–Crippen MR) is 108 cm³/mol. The number of carbonyl (C=O) groups excluding carboxylic acids is 1. The van der Waals surface area contributed by atoms with Crippen LogP contribution < -0.4 is 5.32 Å². The SMILES string of the molecule is O=C(Nc1ccc(-c2ccccc2)cn1)C(c1ccccc1)N1CCCC1. The third-order valence-electron chi connectivity index (χ3n) is 4.99. The zero-order chi connectivity index (χ0) is 18.5. The van der Waals surface area contributed by atoms with E-state index in [-0.39, 0.29) is 11.9 Å². The number of likely N-dealkylation sites (tertiary alicyclic amines) is 1. The van der Waals surface area contributed by atoms with Gasteiger partial charge in [-0.25, -0.2) is 4.98 Å². The summed E-state index contributed by atoms with van der Waals surface area (Å²) in [7, 11) is 0. The Morgan fingerprint density at radius 3 is 2.15 bits per heavy atom. The molecule has 1 unspecified atom stereocenters. The molecule has 1 saturated heterocycles. The van der Waals surface area contributed by atoms with Crippen LogP contribution in [0, 0.1) is 0 Å². The zero-order valence-electron chi connectivity index (χ0n) is 15.2. The van der Waals surface area contributed by atoms with Crippen LogP contribution in [0.4, 0.5) is 5.82 Å². The van der Waals surface area contributed by atoms with Crippen LogP contribution in [0.15, 0.2) is 79.0 Å². The number of rotatable bonds is 5. The lowest BCUT2D eigenvalue weighted by Gasteiger charge is -2.26. The Balaban J connectivity index is 1.52. The van der Waals surface area contributed by atoms with E-state index in [4.69, 9.17) is 0 Å². The van der Waals surface area contributed by atoms with E-state index in [2.05, 4.69) is 15.2 Å². The summed E-state index contributed by atoms with van der Waals surface area (Å²) in [6.07, 6.45) is 4.08. The van der Waals surface area contributed by atoms with Crippen LogP contribution in [-0.4, -0.2) is 28.9 Å². The fourth-order valence-electron chi connectivity index (χ4n) is 3.63. The van der Waals surface area contributed by atoms with Crippen molar-refractivity contribution in [1.29, 1.82) is 0 Å². The Morgan fingerprint density at radius 2 is 1.52 bits per heavy atom. The number of anilines is 1. The van der Waals surface area contributed by atoms with Crippen molar-refractivity contribution in [1.82, 2.24) is 9.88 Å². The van der Waals surface area contributed by atoms with Crippen molar-refractivity contribution in [3.05, 3.63) is 84.6 Å². The molecule has 2 heterocycles. The van der Waals surface area contributed by atoms with Crippen molar-refractivity contribution < 1.29 is 4.79 Å². The van der Waals surface area contributed by atoms with Crippen molar-refractivity contribution >= 4 is 11.7 Å². The number of carbonyl (C=O) groups is 1. The summed E-state index contributed by atoms with van der Waals surface area (Å²) in [6, 6.07) is 23.7. The molecule has 0 saturated carbocycles. The van der Waals surface area contributed by atoms with Crippen LogP contribution in [0.1, 0.15) is 24.4 Å². The van der Waals surface area contributed by atoms with E-state index in [9.17, 15) is 4.79 Å². The van der Waals surface area contributed by atoms with Gasteiger partial charge in [0.05, 0.1) is 0 Å². The van der Waals surface area contributed by atoms with Gasteiger partial charge in [0.15, 0.2) is 0 Å². The average molecular weight is 357 g/mol. The third kappa shape index (κ3) is 4.07. The van der Waals surface area contributed by atoms with Crippen molar-refractivity contribution in [2.45, 2.75) is 18.9 Å². The van der Waals surface area contributed by atoms with Crippen LogP contribution in [0.3, 0.4) is 0 Å². The number of hydrogen-bond acceptors (Lipinski definition) is 3. The molecule has 0 aliphatic carbocycles. The van der Waals surface area contributed by atoms with Gasteiger partial charge >= 0.3 is 0 Å². The molecule has 0 spiro atoms. The number of hydrogen-bond donors (Lipinski definition) is 1. The Hall–Kier alpha value is -2.98. The quantitative estimate of drug-likeness (QED) is 0.730. The highest BCUT2D eigenvalue weighted by atomic mass is 16.2. The molecule has 1 aliphatic heterocycles. The van der Waals surface area contributed by atoms with E-state index < -0.39 is 0 Å². The van der Waals surface area contributed by atoms with Gasteiger partial charge in [0, 0.05) is 11.8 Å². The number of benzene rings is 2. The molecule has 4 rings (SSSR count). The summed E-state index contributed by atoms with van der Waals surface area (Å²) in [5.74, 6) is 0.558. The molecule has 1 fully saturated rings. The van der Waals surface area contributed by atoms with E-state index in [1.165, 1.54) is 0 Å². The van der Waals surface area contributed by atoms with Crippen molar-refractivity contribution in [2.24, 2.45) is 0 Å². The van der Waals surface area contributed by atoms with Gasteiger partial charge in [0.2, 0.25) is 5.91 Å². The maximum atomic E-state index is 13.1. The van der Waals surface area contributed by atoms with Crippen LogP contribution in [-0.2, 0) is 4.79 Å². The lowest BCUT2D eigenvalue weighted by molar-refractivity contribution is -0.121. The highest BCUT2D eigenvalue weighted by Gasteiger charge is 2.29. The van der Waals surface area contributed by atoms with Crippen LogP contribution in [0.25, 0.3) is 11.1 Å². The summed E-state index contributed by atoms with van der Waals surface area (Å²) in [5, 5.41) is 3.00. The Morgan fingerprint density at radius 1 is 0.852 bits per heavy atom. The highest BCUT2D eigenvalue weighted by molar-refractivity contribution is 5.95. The molecular formula is C23H23N3O. The molecule has 1 aliphatic rings. The van der Waals surface area contributed by atoms with Crippen LogP contribution in [0.5, 0.6) is 0 Å². The van der Waals surface area contributed by atoms with Gasteiger partial charge in [-0.15, -0.1) is 0 Å². The molecule has 1 N–H and O–H groups in total. The minimum absolute atomic E-state index is 0.0249. The first-order valence-electron chi connectivity index (χ1n) is 9.42. The smallest absolute Gasteiger partial charge is 0.247 e. The van der Waals surface area contributed by atoms with Gasteiger partial charge in [0.25, 0.3) is 0 Å². The minimum atomic E-state index is -0.274. The molecule has 136 valence electrons. The molecule has 4 nitrogen and oxygen atoms in total. The Kier molecular flexibility index (Phi) is 5.26. The molecule has 3 aromatic rings. The highest BCUT2D eigenvalue weighted by Crippen LogP contribution is 2.27. The van der Waals surface area contributed by atoms with Crippen molar-refractivity contribution in [2.75, 3.05) is 18.4 Å². The van der Waals surface area contributed by atoms with E-state index in [0.29, 0.717) is 5.82 Å². The molecule has 0 radical (unpaired) electrons. The largest absolute Gasteiger partial charge is 0.309 e. The lowest BCUT2D eigenvalue weighted by atomic mass is 10.0. The normalized spacial score (nSPS) is 15.4. The minimum Gasteiger partial charge on any atom is -0.309 e. The van der Waals surface area contributed by atoms with E-state index in [1.54, 1.807) is 6.20 Å². The zero-order valence-corrected chi connectivity index (χ0v) is 15.2. The van der Waals surface area contributed by atoms with Gasteiger partial charge in [-0.1, -0.05) is 60.7 Å². The first kappa shape index (κ1) is 17.4. The topological polar surface area (TPSA) is 45.2 Å². The van der Waals surface area contributed by atoms with Crippen LogP contribution >= 0.6 is 0 Å². The summed E-state index contributed by atoms with van der Waals surface area (Å²) in [4.78, 5) is 19.8. The van der Waals surface area contributed by atoms with Gasteiger partial charge in [-0.3, -0.25) is 9.69 Å². The molecule has 27 heavy (non-hydrogen) atoms. The maximum Gasteiger partial charge on any atom is 0.247 e. The van der Waals surface area contributed by atoms with Gasteiger partial charge < -0.3 is 5.32 Å². The predicted octanol–water partition coefficient (Wildman–Crippen LogP) is 4.52. The summed E-state index contributed by atoms with van der Waals surface area (Å²) in [6.45, 7) is 1.90. The molecule has 0 bridgehead atoms. The standard InChI is InChI=1S/C23H23N3O/c27-23(22(26-15-7-8-16-26)19-11-5-2-6-12-19)25-21-14-13-20(17-24-21)18-9-3-1-4-10-18/h1-6,9-14,17,22H,7-8,15-16H2,(H,24,25,27). The molecule has 1 atom stereocenters. The Bertz CT molecular complexity index is 873. The second-order valence-corrected chi connectivity index (χ2v) is 6.84. The molecule has 1 amide bonds. The number of aromatic nitrogens is 1. The van der Waals surface area contributed by atoms with Crippen LogP contribution in [0.2, 0.25) is 0 Å². The first-order valence-corrected chi connectivity index (χ1v) is 9.42. The second kappa shape index (κ2) is 8.14. The fraction of sp³-hybridized carbons (Fsp3) is 0.217. The van der Waals surface area contributed by atoms with Gasteiger partial charge in [-0.05, 0) is 49.2 Å². The third-order valence-corrected chi connectivity index (χ3v) is 4.99. The number of nitrogens with zero attached hydrogens (tertiary/aromatic N) is 2. The number of pyridine rings is 1. The fourth-order valence-corrected chi connectivity index (χ4v) is 3.63. The summed E-state index contributed by atoms with van der Waals surface area (Å²) in [5.41, 5.74) is 3.17. The van der Waals surface area contributed by atoms with Gasteiger partial charge in [0.1, 0.15) is 11.9 Å². The Labute approximate surface area is 159 Å². The molecule has 2 aromatic carbocycles. The lowest BCUT2D eigenvalue weighted by Crippen LogP contribution is -2.35. The summed E-state index contributed by atoms with van der Waals surface area (Å²) >= 11 is 0. The van der Waals surface area contributed by atoms with E-state index >= 15 is 0 Å². The maximum absolute atomic E-state index is 13.1. The molecular weight excluding hydrogens is 334 g/mol. The number of nitrogens with one attached hydrogen (secondary N) is 1. The number of amides is 1. The van der Waals surface area contributed by atoms with E-state index in [1.807, 2.05) is 72.8 Å². The van der Waals surface area contributed by atoms with E-state index in [0.717, 1.165) is 42.6 Å². The first-order chi connectivity index (χ1) is 13.3. The molecule has 1 aromatic heterocycles. The monoisotopic (exact) mass is 357 g/mol. The van der Waals surface area contributed by atoms with Crippen molar-refractivity contribution in [3.8, 4) is 11.1 Å².